The Hall–Kier alpha value is -1.50. The van der Waals surface area contributed by atoms with Crippen molar-refractivity contribution < 1.29 is 18.1 Å². The van der Waals surface area contributed by atoms with Gasteiger partial charge in [0.05, 0.1) is 9.95 Å². The van der Waals surface area contributed by atoms with Crippen LogP contribution in [0.15, 0.2) is 12.1 Å². The van der Waals surface area contributed by atoms with E-state index < -0.39 is 33.1 Å². The summed E-state index contributed by atoms with van der Waals surface area (Å²) in [6.07, 6.45) is -4.91. The summed E-state index contributed by atoms with van der Waals surface area (Å²) >= 11 is 5.25. The summed E-state index contributed by atoms with van der Waals surface area (Å²) in [7, 11) is 0. The monoisotopic (exact) mass is 240 g/mol. The third kappa shape index (κ3) is 2.12. The number of nitrogens with two attached hydrogens (primary N) is 1. The number of halogens is 4. The van der Waals surface area contributed by atoms with E-state index in [1.54, 1.807) is 0 Å². The molecule has 82 valence electrons. The van der Waals surface area contributed by atoms with E-state index in [0.29, 0.717) is 0 Å². The van der Waals surface area contributed by atoms with E-state index >= 15 is 0 Å². The fraction of sp³-hybridized carbons (Fsp3) is 0.143. The van der Waals surface area contributed by atoms with Crippen LogP contribution in [0.1, 0.15) is 5.56 Å². The summed E-state index contributed by atoms with van der Waals surface area (Å²) < 4.78 is 37.2. The van der Waals surface area contributed by atoms with Crippen LogP contribution in [0.3, 0.4) is 0 Å². The molecule has 8 heteroatoms. The Labute approximate surface area is 86.6 Å². The second-order valence-electron chi connectivity index (χ2n) is 2.62. The highest BCUT2D eigenvalue weighted by Crippen LogP contribution is 2.43. The molecule has 4 nitrogen and oxygen atoms in total. The summed E-state index contributed by atoms with van der Waals surface area (Å²) in [4.78, 5) is 9.20. The van der Waals surface area contributed by atoms with E-state index in [-0.39, 0.29) is 0 Å². The standard InChI is InChI=1S/C7H4ClF3N2O2/c8-3-1-2-4(12)6(13(14)15)5(3)7(9,10)11/h1-2H,12H2. The molecule has 1 aromatic rings. The molecule has 0 aliphatic heterocycles. The fourth-order valence-electron chi connectivity index (χ4n) is 1.05. The third-order valence-corrected chi connectivity index (χ3v) is 1.94. The lowest BCUT2D eigenvalue weighted by Crippen LogP contribution is -2.11. The number of alkyl halides is 3. The predicted molar refractivity (Wildman–Crippen MR) is 47.5 cm³/mol. The van der Waals surface area contributed by atoms with Crippen molar-refractivity contribution in [1.29, 1.82) is 0 Å². The largest absolute Gasteiger partial charge is 0.424 e. The van der Waals surface area contributed by atoms with Crippen LogP contribution in [0.2, 0.25) is 5.02 Å². The minimum absolute atomic E-state index is 0.572. The first kappa shape index (κ1) is 11.6. The van der Waals surface area contributed by atoms with E-state index in [1.165, 1.54) is 0 Å². The SMILES string of the molecule is Nc1ccc(Cl)c(C(F)(F)F)c1[N+](=O)[O-]. The Morgan fingerprint density at radius 1 is 1.40 bits per heavy atom. The number of nitrogen functional groups attached to an aromatic ring is 1. The normalized spacial score (nSPS) is 11.5. The molecule has 0 aliphatic carbocycles. The lowest BCUT2D eigenvalue weighted by molar-refractivity contribution is -0.387. The molecule has 1 rings (SSSR count). The maximum absolute atomic E-state index is 12.4. The van der Waals surface area contributed by atoms with Crippen molar-refractivity contribution in [3.05, 3.63) is 32.8 Å². The van der Waals surface area contributed by atoms with Gasteiger partial charge in [-0.05, 0) is 12.1 Å². The van der Waals surface area contributed by atoms with Crippen molar-refractivity contribution in [2.24, 2.45) is 0 Å². The summed E-state index contributed by atoms with van der Waals surface area (Å²) in [5.74, 6) is 0. The van der Waals surface area contributed by atoms with Crippen LogP contribution in [0, 0.1) is 10.1 Å². The Bertz CT molecular complexity index is 419. The van der Waals surface area contributed by atoms with Crippen LogP contribution in [-0.4, -0.2) is 4.92 Å². The molecule has 0 saturated carbocycles. The number of hydrogen-bond acceptors (Lipinski definition) is 3. The van der Waals surface area contributed by atoms with Gasteiger partial charge in [-0.3, -0.25) is 10.1 Å². The van der Waals surface area contributed by atoms with Crippen molar-refractivity contribution in [2.75, 3.05) is 5.73 Å². The highest BCUT2D eigenvalue weighted by Gasteiger charge is 2.42. The molecule has 0 atom stereocenters. The van der Waals surface area contributed by atoms with E-state index in [9.17, 15) is 23.3 Å². The van der Waals surface area contributed by atoms with Crippen molar-refractivity contribution in [3.8, 4) is 0 Å². The first-order valence-corrected chi connectivity index (χ1v) is 3.92. The first-order valence-electron chi connectivity index (χ1n) is 3.54. The van der Waals surface area contributed by atoms with Gasteiger partial charge in [0.1, 0.15) is 5.69 Å². The number of hydrogen-bond donors (Lipinski definition) is 1. The zero-order valence-corrected chi connectivity index (χ0v) is 7.76. The number of nitro groups is 1. The number of nitrogens with zero attached hydrogens (tertiary/aromatic N) is 1. The van der Waals surface area contributed by atoms with Gasteiger partial charge in [-0.15, -0.1) is 0 Å². The molecule has 2 N–H and O–H groups in total. The average Bonchev–Trinajstić information content (AvgIpc) is 2.05. The predicted octanol–water partition coefficient (Wildman–Crippen LogP) is 2.85. The van der Waals surface area contributed by atoms with Gasteiger partial charge in [0, 0.05) is 0 Å². The molecule has 0 unspecified atom stereocenters. The van der Waals surface area contributed by atoms with E-state index in [1.807, 2.05) is 0 Å². The Kier molecular flexibility index (Phi) is 2.76. The molecule has 0 fully saturated rings. The van der Waals surface area contributed by atoms with Gasteiger partial charge in [0.25, 0.3) is 0 Å². The molecular formula is C7H4ClF3N2O2. The highest BCUT2D eigenvalue weighted by atomic mass is 35.5. The Balaban J connectivity index is 3.60. The summed E-state index contributed by atoms with van der Waals surface area (Å²) in [6.45, 7) is 0. The molecular weight excluding hydrogens is 237 g/mol. The summed E-state index contributed by atoms with van der Waals surface area (Å²) in [5, 5.41) is 9.66. The van der Waals surface area contributed by atoms with Crippen LogP contribution >= 0.6 is 11.6 Å². The summed E-state index contributed by atoms with van der Waals surface area (Å²) in [6, 6.07) is 1.82. The topological polar surface area (TPSA) is 69.2 Å². The maximum atomic E-state index is 12.4. The fourth-order valence-corrected chi connectivity index (χ4v) is 1.31. The highest BCUT2D eigenvalue weighted by molar-refractivity contribution is 6.32. The van der Waals surface area contributed by atoms with Crippen LogP contribution in [0.5, 0.6) is 0 Å². The van der Waals surface area contributed by atoms with Crippen molar-refractivity contribution >= 4 is 23.0 Å². The molecule has 1 aromatic carbocycles. The van der Waals surface area contributed by atoms with E-state index in [0.717, 1.165) is 12.1 Å². The molecule has 0 amide bonds. The van der Waals surface area contributed by atoms with Gasteiger partial charge >= 0.3 is 11.9 Å². The zero-order valence-electron chi connectivity index (χ0n) is 7.01. The smallest absolute Gasteiger partial charge is 0.393 e. The number of anilines is 1. The van der Waals surface area contributed by atoms with E-state index in [4.69, 9.17) is 17.3 Å². The van der Waals surface area contributed by atoms with Crippen LogP contribution in [0.25, 0.3) is 0 Å². The van der Waals surface area contributed by atoms with Crippen LogP contribution in [-0.2, 0) is 6.18 Å². The summed E-state index contributed by atoms with van der Waals surface area (Å²) in [5.41, 5.74) is 1.78. The van der Waals surface area contributed by atoms with Crippen LogP contribution < -0.4 is 5.73 Å². The van der Waals surface area contributed by atoms with Crippen molar-refractivity contribution in [1.82, 2.24) is 0 Å². The molecule has 0 aromatic heterocycles. The molecule has 15 heavy (non-hydrogen) atoms. The second kappa shape index (κ2) is 3.58. The molecule has 0 bridgehead atoms. The average molecular weight is 241 g/mol. The number of nitro benzene ring substituents is 1. The Morgan fingerprint density at radius 2 is 1.93 bits per heavy atom. The Morgan fingerprint density at radius 3 is 2.27 bits per heavy atom. The zero-order chi connectivity index (χ0) is 11.8. The minimum Gasteiger partial charge on any atom is -0.393 e. The quantitative estimate of drug-likeness (QED) is 0.466. The van der Waals surface area contributed by atoms with Gasteiger partial charge < -0.3 is 5.73 Å². The van der Waals surface area contributed by atoms with Gasteiger partial charge in [0.2, 0.25) is 0 Å². The van der Waals surface area contributed by atoms with Gasteiger partial charge in [-0.2, -0.15) is 13.2 Å². The molecule has 0 aliphatic rings. The lowest BCUT2D eigenvalue weighted by atomic mass is 10.1. The number of benzene rings is 1. The van der Waals surface area contributed by atoms with E-state index in [2.05, 4.69) is 0 Å². The molecule has 0 saturated heterocycles. The number of rotatable bonds is 1. The van der Waals surface area contributed by atoms with Crippen LogP contribution in [0.4, 0.5) is 24.5 Å². The van der Waals surface area contributed by atoms with Gasteiger partial charge in [0.15, 0.2) is 5.56 Å². The lowest BCUT2D eigenvalue weighted by Gasteiger charge is -2.10. The first-order chi connectivity index (χ1) is 6.75. The molecule has 0 heterocycles. The minimum atomic E-state index is -4.91. The van der Waals surface area contributed by atoms with Crippen molar-refractivity contribution in [3.63, 3.8) is 0 Å². The maximum Gasteiger partial charge on any atom is 0.424 e. The van der Waals surface area contributed by atoms with Crippen molar-refractivity contribution in [2.45, 2.75) is 6.18 Å². The molecule has 0 radical (unpaired) electrons. The second-order valence-corrected chi connectivity index (χ2v) is 3.02. The van der Waals surface area contributed by atoms with Gasteiger partial charge in [-0.1, -0.05) is 11.6 Å². The molecule has 0 spiro atoms. The third-order valence-electron chi connectivity index (χ3n) is 1.62. The van der Waals surface area contributed by atoms with Gasteiger partial charge in [-0.25, -0.2) is 0 Å².